The van der Waals surface area contributed by atoms with Gasteiger partial charge in [0.2, 0.25) is 5.92 Å². The zero-order valence-corrected chi connectivity index (χ0v) is 21.1. The molecule has 7 nitrogen and oxygen atoms in total. The average molecular weight is 524 g/mol. The van der Waals surface area contributed by atoms with Gasteiger partial charge in [0.1, 0.15) is 0 Å². The molecule has 3 N–H and O–H groups in total. The second kappa shape index (κ2) is 10.4. The molecule has 3 heterocycles. The Bertz CT molecular complexity index is 1420. The number of hydrogen-bond donors (Lipinski definition) is 3. The molecule has 0 saturated heterocycles. The van der Waals surface area contributed by atoms with Gasteiger partial charge in [-0.15, -0.1) is 11.3 Å². The van der Waals surface area contributed by atoms with Gasteiger partial charge in [-0.3, -0.25) is 19.7 Å². The predicted octanol–water partition coefficient (Wildman–Crippen LogP) is 5.88. The fraction of sp³-hybridized carbons (Fsp3) is 0.333. The lowest BCUT2D eigenvalue weighted by Crippen LogP contribution is -2.40. The third-order valence-electron chi connectivity index (χ3n) is 6.79. The van der Waals surface area contributed by atoms with Crippen molar-refractivity contribution in [2.45, 2.75) is 57.0 Å². The normalized spacial score (nSPS) is 16.4. The maximum atomic E-state index is 13.4. The van der Waals surface area contributed by atoms with Crippen LogP contribution in [-0.2, 0) is 0 Å². The topological polar surface area (TPSA) is 99.8 Å². The number of halogens is 2. The molecule has 1 fully saturated rings. The van der Waals surface area contributed by atoms with Crippen molar-refractivity contribution in [2.75, 3.05) is 0 Å². The Hall–Kier alpha value is -3.66. The lowest BCUT2D eigenvalue weighted by Gasteiger charge is -2.28. The number of aromatic nitrogens is 3. The van der Waals surface area contributed by atoms with Gasteiger partial charge in [-0.1, -0.05) is 6.92 Å². The van der Waals surface area contributed by atoms with Gasteiger partial charge in [-0.25, -0.2) is 8.78 Å². The Labute approximate surface area is 216 Å². The van der Waals surface area contributed by atoms with E-state index in [0.717, 1.165) is 27.6 Å². The standard InChI is InChI=1S/C27H27F2N5O2S/c1-2-22(33-25(35)16-3-4-23-19(9-16)14-31-34-23)18-10-17(12-30-13-18)20-11-24(37-15-20)26(36)32-21-5-7-27(28,29)8-6-21/h3-4,9-15,21-22H,2,5-8H2,1H3,(H,31,34)(H,32,36)(H,33,35). The Kier molecular flexibility index (Phi) is 7.01. The molecule has 1 saturated carbocycles. The number of benzene rings is 1. The summed E-state index contributed by atoms with van der Waals surface area (Å²) in [4.78, 5) is 30.5. The summed E-state index contributed by atoms with van der Waals surface area (Å²) < 4.78 is 26.8. The van der Waals surface area contributed by atoms with Crippen LogP contribution in [0.15, 0.2) is 54.3 Å². The van der Waals surface area contributed by atoms with E-state index >= 15 is 0 Å². The number of rotatable bonds is 7. The molecule has 5 rings (SSSR count). The molecule has 1 aliphatic rings. The van der Waals surface area contributed by atoms with Gasteiger partial charge in [0.15, 0.2) is 0 Å². The average Bonchev–Trinajstić information content (AvgIpc) is 3.58. The van der Waals surface area contributed by atoms with E-state index in [1.54, 1.807) is 36.8 Å². The van der Waals surface area contributed by atoms with E-state index in [1.807, 2.05) is 24.4 Å². The summed E-state index contributed by atoms with van der Waals surface area (Å²) in [5.41, 5.74) is 3.94. The van der Waals surface area contributed by atoms with Crippen LogP contribution in [0.2, 0.25) is 0 Å². The summed E-state index contributed by atoms with van der Waals surface area (Å²) in [5, 5.41) is 15.6. The minimum absolute atomic E-state index is 0.185. The Morgan fingerprint density at radius 1 is 1.11 bits per heavy atom. The molecule has 3 aromatic heterocycles. The summed E-state index contributed by atoms with van der Waals surface area (Å²) in [6, 6.07) is 8.66. The van der Waals surface area contributed by atoms with Crippen LogP contribution in [0, 0.1) is 0 Å². The lowest BCUT2D eigenvalue weighted by atomic mass is 9.92. The first-order chi connectivity index (χ1) is 17.8. The second-order valence-corrected chi connectivity index (χ2v) is 10.3. The molecule has 1 atom stereocenters. The number of amides is 2. The molecule has 37 heavy (non-hydrogen) atoms. The first-order valence-corrected chi connectivity index (χ1v) is 13.2. The highest BCUT2D eigenvalue weighted by molar-refractivity contribution is 7.12. The van der Waals surface area contributed by atoms with E-state index in [2.05, 4.69) is 25.8 Å². The van der Waals surface area contributed by atoms with Gasteiger partial charge >= 0.3 is 0 Å². The zero-order valence-electron chi connectivity index (χ0n) is 20.3. The fourth-order valence-electron chi connectivity index (χ4n) is 4.60. The molecule has 0 aliphatic heterocycles. The molecule has 10 heteroatoms. The van der Waals surface area contributed by atoms with Crippen LogP contribution in [0.4, 0.5) is 8.78 Å². The Morgan fingerprint density at radius 2 is 1.92 bits per heavy atom. The summed E-state index contributed by atoms with van der Waals surface area (Å²) in [6.07, 6.45) is 5.97. The van der Waals surface area contributed by atoms with Crippen molar-refractivity contribution < 1.29 is 18.4 Å². The number of fused-ring (bicyclic) bond motifs is 1. The molecular formula is C27H27F2N5O2S. The van der Waals surface area contributed by atoms with Gasteiger partial charge < -0.3 is 10.6 Å². The highest BCUT2D eigenvalue weighted by Crippen LogP contribution is 2.33. The third-order valence-corrected chi connectivity index (χ3v) is 7.72. The number of pyridine rings is 1. The van der Waals surface area contributed by atoms with Crippen molar-refractivity contribution in [3.05, 3.63) is 70.3 Å². The van der Waals surface area contributed by atoms with Gasteiger partial charge in [-0.2, -0.15) is 5.10 Å². The van der Waals surface area contributed by atoms with Crippen LogP contribution in [0.3, 0.4) is 0 Å². The van der Waals surface area contributed by atoms with Crippen molar-refractivity contribution in [3.63, 3.8) is 0 Å². The summed E-state index contributed by atoms with van der Waals surface area (Å²) in [6.45, 7) is 1.99. The molecule has 0 bridgehead atoms. The van der Waals surface area contributed by atoms with E-state index in [0.29, 0.717) is 16.9 Å². The molecule has 192 valence electrons. The van der Waals surface area contributed by atoms with Crippen LogP contribution in [0.1, 0.15) is 70.7 Å². The van der Waals surface area contributed by atoms with Gasteiger partial charge in [0.05, 0.1) is 22.6 Å². The number of nitrogens with one attached hydrogen (secondary N) is 3. The smallest absolute Gasteiger partial charge is 0.261 e. The Balaban J connectivity index is 1.26. The number of alkyl halides is 2. The number of carbonyl (C=O) groups is 2. The largest absolute Gasteiger partial charge is 0.349 e. The minimum atomic E-state index is -2.63. The van der Waals surface area contributed by atoms with Crippen molar-refractivity contribution in [1.29, 1.82) is 0 Å². The number of hydrogen-bond acceptors (Lipinski definition) is 5. The monoisotopic (exact) mass is 523 g/mol. The first-order valence-electron chi connectivity index (χ1n) is 12.3. The lowest BCUT2D eigenvalue weighted by molar-refractivity contribution is -0.0399. The van der Waals surface area contributed by atoms with Crippen molar-refractivity contribution in [1.82, 2.24) is 25.8 Å². The number of nitrogens with zero attached hydrogens (tertiary/aromatic N) is 2. The number of H-pyrrole nitrogens is 1. The summed E-state index contributed by atoms with van der Waals surface area (Å²) in [5.74, 6) is -3.06. The van der Waals surface area contributed by atoms with Gasteiger partial charge in [-0.05, 0) is 66.1 Å². The van der Waals surface area contributed by atoms with Crippen molar-refractivity contribution in [2.24, 2.45) is 0 Å². The van der Waals surface area contributed by atoms with Gasteiger partial charge in [0, 0.05) is 47.8 Å². The minimum Gasteiger partial charge on any atom is -0.349 e. The van der Waals surface area contributed by atoms with E-state index in [-0.39, 0.29) is 49.6 Å². The molecule has 1 aliphatic carbocycles. The highest BCUT2D eigenvalue weighted by Gasteiger charge is 2.35. The Morgan fingerprint density at radius 3 is 2.70 bits per heavy atom. The van der Waals surface area contributed by atoms with Crippen LogP contribution in [0.5, 0.6) is 0 Å². The van der Waals surface area contributed by atoms with Crippen LogP contribution in [-0.4, -0.2) is 39.0 Å². The van der Waals surface area contributed by atoms with Gasteiger partial charge in [0.25, 0.3) is 11.8 Å². The predicted molar refractivity (Wildman–Crippen MR) is 139 cm³/mol. The number of carbonyl (C=O) groups excluding carboxylic acids is 2. The van der Waals surface area contributed by atoms with E-state index in [4.69, 9.17) is 0 Å². The summed E-state index contributed by atoms with van der Waals surface area (Å²) >= 11 is 1.31. The maximum absolute atomic E-state index is 13.4. The molecule has 0 spiro atoms. The number of thiophene rings is 1. The zero-order chi connectivity index (χ0) is 26.0. The van der Waals surface area contributed by atoms with E-state index in [1.165, 1.54) is 11.3 Å². The third kappa shape index (κ3) is 5.69. The van der Waals surface area contributed by atoms with E-state index < -0.39 is 5.92 Å². The SMILES string of the molecule is CCC(NC(=O)c1ccc2[nH]ncc2c1)c1cncc(-c2csc(C(=O)NC3CCC(F)(F)CC3)c2)c1. The quantitative estimate of drug-likeness (QED) is 0.282. The first kappa shape index (κ1) is 25.0. The highest BCUT2D eigenvalue weighted by atomic mass is 32.1. The van der Waals surface area contributed by atoms with Crippen LogP contribution in [0.25, 0.3) is 22.0 Å². The molecule has 1 aromatic carbocycles. The number of aromatic amines is 1. The molecule has 2 amide bonds. The molecule has 1 unspecified atom stereocenters. The van der Waals surface area contributed by atoms with Crippen molar-refractivity contribution >= 4 is 34.1 Å². The van der Waals surface area contributed by atoms with Crippen molar-refractivity contribution in [3.8, 4) is 11.1 Å². The second-order valence-electron chi connectivity index (χ2n) is 9.42. The maximum Gasteiger partial charge on any atom is 0.261 e. The molecular weight excluding hydrogens is 496 g/mol. The van der Waals surface area contributed by atoms with Crippen LogP contribution < -0.4 is 10.6 Å². The fourth-order valence-corrected chi connectivity index (χ4v) is 5.42. The van der Waals surface area contributed by atoms with Crippen LogP contribution >= 0.6 is 11.3 Å². The van der Waals surface area contributed by atoms with E-state index in [9.17, 15) is 18.4 Å². The molecule has 4 aromatic rings. The molecule has 0 radical (unpaired) electrons. The summed E-state index contributed by atoms with van der Waals surface area (Å²) in [7, 11) is 0.